The molecule has 1 aromatic rings. The predicted molar refractivity (Wildman–Crippen MR) is 109 cm³/mol. The summed E-state index contributed by atoms with van der Waals surface area (Å²) in [4.78, 5) is 28.7. The predicted octanol–water partition coefficient (Wildman–Crippen LogP) is 1.10. The number of nitrogens with one attached hydrogen (secondary N) is 1. The number of benzene rings is 1. The summed E-state index contributed by atoms with van der Waals surface area (Å²) in [6.45, 7) is 7.87. The Morgan fingerprint density at radius 1 is 1.18 bits per heavy atom. The van der Waals surface area contributed by atoms with Gasteiger partial charge in [-0.05, 0) is 31.0 Å². The first kappa shape index (κ1) is 22.5. The summed E-state index contributed by atoms with van der Waals surface area (Å²) in [5.74, 6) is 0.663. The molecule has 0 bridgehead atoms. The number of nitrogens with zero attached hydrogens (tertiary/aromatic N) is 2. The maximum atomic E-state index is 12.7. The molecular formula is C20H30ClN3O4. The first-order valence-electron chi connectivity index (χ1n) is 9.74. The summed E-state index contributed by atoms with van der Waals surface area (Å²) >= 11 is 0. The third-order valence-electron chi connectivity index (χ3n) is 5.10. The highest BCUT2D eigenvalue weighted by Gasteiger charge is 2.31. The van der Waals surface area contributed by atoms with Crippen molar-refractivity contribution in [1.29, 1.82) is 0 Å². The van der Waals surface area contributed by atoms with Gasteiger partial charge in [0.15, 0.2) is 6.10 Å². The molecule has 1 N–H and O–H groups in total. The lowest BCUT2D eigenvalue weighted by atomic mass is 10.2. The lowest BCUT2D eigenvalue weighted by Gasteiger charge is -2.37. The number of carbonyl (C=O) groups is 2. The van der Waals surface area contributed by atoms with Crippen LogP contribution < -0.4 is 10.1 Å². The van der Waals surface area contributed by atoms with Crippen molar-refractivity contribution in [2.75, 3.05) is 45.9 Å². The average molecular weight is 412 g/mol. The average Bonchev–Trinajstić information content (AvgIpc) is 2.74. The molecular weight excluding hydrogens is 382 g/mol. The van der Waals surface area contributed by atoms with E-state index >= 15 is 0 Å². The molecule has 3 rings (SSSR count). The van der Waals surface area contributed by atoms with Crippen LogP contribution in [0.15, 0.2) is 24.3 Å². The first-order chi connectivity index (χ1) is 13.1. The summed E-state index contributed by atoms with van der Waals surface area (Å²) < 4.78 is 11.3. The maximum Gasteiger partial charge on any atom is 0.263 e. The highest BCUT2D eigenvalue weighted by atomic mass is 35.5. The highest BCUT2D eigenvalue weighted by Crippen LogP contribution is 2.16. The molecule has 28 heavy (non-hydrogen) atoms. The van der Waals surface area contributed by atoms with Gasteiger partial charge in [0, 0.05) is 39.3 Å². The van der Waals surface area contributed by atoms with Crippen molar-refractivity contribution >= 4 is 24.2 Å². The number of aryl methyl sites for hydroxylation is 1. The zero-order valence-electron chi connectivity index (χ0n) is 16.6. The van der Waals surface area contributed by atoms with Crippen LogP contribution in [-0.2, 0) is 20.7 Å². The largest absolute Gasteiger partial charge is 0.481 e. The Morgan fingerprint density at radius 2 is 1.82 bits per heavy atom. The third kappa shape index (κ3) is 5.59. The molecule has 0 aliphatic carbocycles. The topological polar surface area (TPSA) is 71.1 Å². The molecule has 2 saturated heterocycles. The Hall–Kier alpha value is -1.83. The van der Waals surface area contributed by atoms with Crippen LogP contribution in [0.2, 0.25) is 0 Å². The van der Waals surface area contributed by atoms with Gasteiger partial charge in [-0.1, -0.05) is 19.1 Å². The van der Waals surface area contributed by atoms with Crippen molar-refractivity contribution in [3.8, 4) is 5.75 Å². The maximum absolute atomic E-state index is 12.7. The molecule has 7 nitrogen and oxygen atoms in total. The second-order valence-electron chi connectivity index (χ2n) is 6.97. The quantitative estimate of drug-likeness (QED) is 0.785. The van der Waals surface area contributed by atoms with E-state index < -0.39 is 12.2 Å². The normalized spacial score (nSPS) is 20.9. The SMILES string of the molecule is CCc1ccc(OC(C)C(=O)N2CCN(C(=O)C3CNCCO3)CC2)cc1.Cl. The van der Waals surface area contributed by atoms with Gasteiger partial charge in [0.25, 0.3) is 11.8 Å². The highest BCUT2D eigenvalue weighted by molar-refractivity contribution is 5.85. The number of hydrogen-bond acceptors (Lipinski definition) is 5. The standard InChI is InChI=1S/C20H29N3O4.ClH/c1-3-16-4-6-17(7-5-16)27-15(2)19(24)22-9-11-23(12-10-22)20(25)18-14-21-8-13-26-18;/h4-7,15,18,21H,3,8-14H2,1-2H3;1H. The van der Waals surface area contributed by atoms with Gasteiger partial charge in [-0.25, -0.2) is 0 Å². The molecule has 2 aliphatic rings. The van der Waals surface area contributed by atoms with E-state index in [-0.39, 0.29) is 24.2 Å². The Balaban J connectivity index is 0.00000280. The van der Waals surface area contributed by atoms with Gasteiger partial charge in [0.1, 0.15) is 11.9 Å². The number of halogens is 1. The van der Waals surface area contributed by atoms with Crippen LogP contribution in [0.3, 0.4) is 0 Å². The molecule has 8 heteroatoms. The minimum absolute atomic E-state index is 0. The summed E-state index contributed by atoms with van der Waals surface area (Å²) in [5, 5.41) is 3.17. The van der Waals surface area contributed by atoms with E-state index in [1.165, 1.54) is 5.56 Å². The molecule has 2 heterocycles. The lowest BCUT2D eigenvalue weighted by molar-refractivity contribution is -0.151. The van der Waals surface area contributed by atoms with E-state index in [2.05, 4.69) is 12.2 Å². The van der Waals surface area contributed by atoms with Crippen LogP contribution >= 0.6 is 12.4 Å². The first-order valence-corrected chi connectivity index (χ1v) is 9.74. The number of piperazine rings is 1. The van der Waals surface area contributed by atoms with Gasteiger partial charge >= 0.3 is 0 Å². The molecule has 2 fully saturated rings. The minimum Gasteiger partial charge on any atom is -0.481 e. The fraction of sp³-hybridized carbons (Fsp3) is 0.600. The molecule has 2 amide bonds. The summed E-state index contributed by atoms with van der Waals surface area (Å²) in [7, 11) is 0. The fourth-order valence-electron chi connectivity index (χ4n) is 3.39. The molecule has 2 aliphatic heterocycles. The zero-order valence-corrected chi connectivity index (χ0v) is 17.4. The number of carbonyl (C=O) groups excluding carboxylic acids is 2. The smallest absolute Gasteiger partial charge is 0.263 e. The zero-order chi connectivity index (χ0) is 19.2. The fourth-order valence-corrected chi connectivity index (χ4v) is 3.39. The van der Waals surface area contributed by atoms with Crippen molar-refractivity contribution in [2.24, 2.45) is 0 Å². The van der Waals surface area contributed by atoms with Gasteiger partial charge in [-0.15, -0.1) is 12.4 Å². The lowest BCUT2D eigenvalue weighted by Crippen LogP contribution is -2.57. The Morgan fingerprint density at radius 3 is 2.39 bits per heavy atom. The van der Waals surface area contributed by atoms with Gasteiger partial charge < -0.3 is 24.6 Å². The molecule has 2 atom stereocenters. The van der Waals surface area contributed by atoms with Gasteiger partial charge in [-0.2, -0.15) is 0 Å². The van der Waals surface area contributed by atoms with E-state index in [4.69, 9.17) is 9.47 Å². The molecule has 156 valence electrons. The van der Waals surface area contributed by atoms with Crippen molar-refractivity contribution in [3.63, 3.8) is 0 Å². The minimum atomic E-state index is -0.550. The number of amides is 2. The van der Waals surface area contributed by atoms with E-state index in [1.807, 2.05) is 24.3 Å². The van der Waals surface area contributed by atoms with Crippen molar-refractivity contribution in [3.05, 3.63) is 29.8 Å². The molecule has 0 spiro atoms. The van der Waals surface area contributed by atoms with Crippen LogP contribution in [0.1, 0.15) is 19.4 Å². The van der Waals surface area contributed by atoms with E-state index in [9.17, 15) is 9.59 Å². The monoisotopic (exact) mass is 411 g/mol. The van der Waals surface area contributed by atoms with E-state index in [0.29, 0.717) is 45.1 Å². The van der Waals surface area contributed by atoms with Crippen molar-refractivity contribution < 1.29 is 19.1 Å². The number of ether oxygens (including phenoxy) is 2. The van der Waals surface area contributed by atoms with Crippen LogP contribution in [-0.4, -0.2) is 79.7 Å². The molecule has 0 aromatic heterocycles. The van der Waals surface area contributed by atoms with E-state index in [1.54, 1.807) is 16.7 Å². The van der Waals surface area contributed by atoms with Crippen molar-refractivity contribution in [1.82, 2.24) is 15.1 Å². The van der Waals surface area contributed by atoms with Gasteiger partial charge in [0.05, 0.1) is 6.61 Å². The van der Waals surface area contributed by atoms with Crippen LogP contribution in [0.5, 0.6) is 5.75 Å². The Bertz CT molecular complexity index is 641. The molecule has 0 radical (unpaired) electrons. The Labute approximate surface area is 172 Å². The second-order valence-corrected chi connectivity index (χ2v) is 6.97. The van der Waals surface area contributed by atoms with Crippen molar-refractivity contribution in [2.45, 2.75) is 32.5 Å². The molecule has 1 aromatic carbocycles. The summed E-state index contributed by atoms with van der Waals surface area (Å²) in [6.07, 6.45) is 0.0136. The van der Waals surface area contributed by atoms with Gasteiger partial charge in [-0.3, -0.25) is 9.59 Å². The number of rotatable bonds is 5. The van der Waals surface area contributed by atoms with Crippen LogP contribution in [0.25, 0.3) is 0 Å². The van der Waals surface area contributed by atoms with E-state index in [0.717, 1.165) is 13.0 Å². The van der Waals surface area contributed by atoms with Crippen LogP contribution in [0, 0.1) is 0 Å². The van der Waals surface area contributed by atoms with Gasteiger partial charge in [0.2, 0.25) is 0 Å². The summed E-state index contributed by atoms with van der Waals surface area (Å²) in [6, 6.07) is 7.83. The van der Waals surface area contributed by atoms with Crippen LogP contribution in [0.4, 0.5) is 0 Å². The number of hydrogen-bond donors (Lipinski definition) is 1. The second kappa shape index (κ2) is 10.6. The Kier molecular flexibility index (Phi) is 8.54. The third-order valence-corrected chi connectivity index (χ3v) is 5.10. The summed E-state index contributed by atoms with van der Waals surface area (Å²) in [5.41, 5.74) is 1.24. The molecule has 2 unspecified atom stereocenters. The number of morpholine rings is 1. The molecule has 0 saturated carbocycles.